The summed E-state index contributed by atoms with van der Waals surface area (Å²) in [4.78, 5) is 32.3. The lowest BCUT2D eigenvalue weighted by Gasteiger charge is -2.11. The second-order valence-electron chi connectivity index (χ2n) is 7.04. The number of methoxy groups -OCH3 is 1. The van der Waals surface area contributed by atoms with E-state index in [0.717, 1.165) is 11.1 Å². The van der Waals surface area contributed by atoms with Gasteiger partial charge in [-0.1, -0.05) is 12.1 Å². The van der Waals surface area contributed by atoms with Crippen LogP contribution in [-0.2, 0) is 4.79 Å². The van der Waals surface area contributed by atoms with Gasteiger partial charge in [0.15, 0.2) is 11.5 Å². The summed E-state index contributed by atoms with van der Waals surface area (Å²) in [7, 11) is 1.57. The Bertz CT molecular complexity index is 1070. The van der Waals surface area contributed by atoms with E-state index in [1.165, 1.54) is 6.20 Å². The third kappa shape index (κ3) is 6.69. The summed E-state index contributed by atoms with van der Waals surface area (Å²) in [5.74, 6) is 1.75. The molecule has 0 aliphatic carbocycles. The number of rotatable bonds is 8. The standard InChI is InChI=1S/C23H25N5O4/c1-15-4-7-18(19(12-15)31-3)32-22-9-6-17(14-26-22)27-23(30)24-11-10-21(29)28-20-8-5-16(2)13-25-20/h4-9,12-14H,10-11H2,1-3H3,(H2,24,27,30)(H,25,28,29). The number of pyridine rings is 2. The number of carbonyl (C=O) groups is 2. The van der Waals surface area contributed by atoms with Gasteiger partial charge in [-0.3, -0.25) is 4.79 Å². The number of aryl methyl sites for hydroxylation is 2. The molecule has 0 unspecified atom stereocenters. The maximum absolute atomic E-state index is 12.0. The van der Waals surface area contributed by atoms with Gasteiger partial charge >= 0.3 is 6.03 Å². The Morgan fingerprint density at radius 3 is 2.41 bits per heavy atom. The fourth-order valence-electron chi connectivity index (χ4n) is 2.70. The first-order valence-corrected chi connectivity index (χ1v) is 9.99. The van der Waals surface area contributed by atoms with Crippen LogP contribution in [-0.4, -0.2) is 35.6 Å². The first kappa shape index (κ1) is 22.5. The summed E-state index contributed by atoms with van der Waals surface area (Å²) >= 11 is 0. The molecule has 166 valence electrons. The monoisotopic (exact) mass is 435 g/mol. The fraction of sp³-hybridized carbons (Fsp3) is 0.217. The summed E-state index contributed by atoms with van der Waals surface area (Å²) in [6.45, 7) is 4.05. The molecule has 9 heteroatoms. The average molecular weight is 435 g/mol. The molecule has 0 spiro atoms. The molecular formula is C23H25N5O4. The molecule has 0 saturated heterocycles. The number of carbonyl (C=O) groups excluding carboxylic acids is 2. The Morgan fingerprint density at radius 2 is 1.72 bits per heavy atom. The minimum Gasteiger partial charge on any atom is -0.493 e. The zero-order chi connectivity index (χ0) is 22.9. The van der Waals surface area contributed by atoms with Gasteiger partial charge in [-0.2, -0.15) is 0 Å². The molecule has 2 aromatic heterocycles. The highest BCUT2D eigenvalue weighted by atomic mass is 16.5. The second kappa shape index (κ2) is 10.8. The number of nitrogens with one attached hydrogen (secondary N) is 3. The highest BCUT2D eigenvalue weighted by Gasteiger charge is 2.09. The van der Waals surface area contributed by atoms with Crippen molar-refractivity contribution in [2.45, 2.75) is 20.3 Å². The molecule has 0 saturated carbocycles. The zero-order valence-electron chi connectivity index (χ0n) is 18.1. The van der Waals surface area contributed by atoms with E-state index in [-0.39, 0.29) is 18.9 Å². The number of ether oxygens (including phenoxy) is 2. The number of nitrogens with zero attached hydrogens (tertiary/aromatic N) is 2. The molecule has 32 heavy (non-hydrogen) atoms. The van der Waals surface area contributed by atoms with Crippen molar-refractivity contribution in [1.82, 2.24) is 15.3 Å². The minimum absolute atomic E-state index is 0.117. The van der Waals surface area contributed by atoms with Crippen LogP contribution in [0.15, 0.2) is 54.9 Å². The Kier molecular flexibility index (Phi) is 7.58. The van der Waals surface area contributed by atoms with Crippen LogP contribution in [0, 0.1) is 13.8 Å². The molecule has 3 N–H and O–H groups in total. The molecule has 3 rings (SSSR count). The van der Waals surface area contributed by atoms with Crippen LogP contribution in [0.3, 0.4) is 0 Å². The summed E-state index contributed by atoms with van der Waals surface area (Å²) in [6.07, 6.45) is 3.26. The normalized spacial score (nSPS) is 10.2. The van der Waals surface area contributed by atoms with E-state index in [1.807, 2.05) is 32.0 Å². The fourth-order valence-corrected chi connectivity index (χ4v) is 2.70. The third-order valence-corrected chi connectivity index (χ3v) is 4.34. The lowest BCUT2D eigenvalue weighted by molar-refractivity contribution is -0.116. The summed E-state index contributed by atoms with van der Waals surface area (Å²) in [6, 6.07) is 12.0. The molecule has 0 atom stereocenters. The van der Waals surface area contributed by atoms with Crippen molar-refractivity contribution in [3.8, 4) is 17.4 Å². The highest BCUT2D eigenvalue weighted by Crippen LogP contribution is 2.31. The lowest BCUT2D eigenvalue weighted by Crippen LogP contribution is -2.31. The van der Waals surface area contributed by atoms with E-state index in [0.29, 0.717) is 28.9 Å². The number of urea groups is 1. The molecule has 1 aromatic carbocycles. The number of hydrogen-bond donors (Lipinski definition) is 3. The van der Waals surface area contributed by atoms with Crippen molar-refractivity contribution >= 4 is 23.4 Å². The van der Waals surface area contributed by atoms with Crippen molar-refractivity contribution in [2.24, 2.45) is 0 Å². The van der Waals surface area contributed by atoms with Gasteiger partial charge in [-0.25, -0.2) is 14.8 Å². The van der Waals surface area contributed by atoms with Crippen molar-refractivity contribution in [3.05, 3.63) is 66.0 Å². The molecule has 0 aliphatic heterocycles. The Hall–Kier alpha value is -4.14. The van der Waals surface area contributed by atoms with Gasteiger partial charge in [0.05, 0.1) is 19.0 Å². The number of anilines is 2. The van der Waals surface area contributed by atoms with Crippen LogP contribution in [0.5, 0.6) is 17.4 Å². The SMILES string of the molecule is COc1cc(C)ccc1Oc1ccc(NC(=O)NCCC(=O)Nc2ccc(C)cn2)cn1. The summed E-state index contributed by atoms with van der Waals surface area (Å²) in [5.41, 5.74) is 2.54. The quantitative estimate of drug-likeness (QED) is 0.492. The van der Waals surface area contributed by atoms with E-state index in [2.05, 4.69) is 25.9 Å². The summed E-state index contributed by atoms with van der Waals surface area (Å²) < 4.78 is 11.1. The van der Waals surface area contributed by atoms with Crippen molar-refractivity contribution in [3.63, 3.8) is 0 Å². The van der Waals surface area contributed by atoms with Gasteiger partial charge in [0.2, 0.25) is 11.8 Å². The van der Waals surface area contributed by atoms with Crippen molar-refractivity contribution in [1.29, 1.82) is 0 Å². The number of hydrogen-bond acceptors (Lipinski definition) is 6. The molecule has 0 aliphatic rings. The van der Waals surface area contributed by atoms with Crippen LogP contribution in [0.4, 0.5) is 16.3 Å². The molecule has 3 aromatic rings. The number of aromatic nitrogens is 2. The maximum Gasteiger partial charge on any atom is 0.319 e. The maximum atomic E-state index is 12.0. The van der Waals surface area contributed by atoms with Gasteiger partial charge in [0.25, 0.3) is 0 Å². The van der Waals surface area contributed by atoms with E-state index < -0.39 is 6.03 Å². The number of benzene rings is 1. The van der Waals surface area contributed by atoms with Gasteiger partial charge in [-0.15, -0.1) is 0 Å². The van der Waals surface area contributed by atoms with Gasteiger partial charge in [-0.05, 0) is 49.2 Å². The first-order chi connectivity index (χ1) is 15.4. The largest absolute Gasteiger partial charge is 0.493 e. The highest BCUT2D eigenvalue weighted by molar-refractivity contribution is 5.91. The third-order valence-electron chi connectivity index (χ3n) is 4.34. The topological polar surface area (TPSA) is 114 Å². The first-order valence-electron chi connectivity index (χ1n) is 9.99. The summed E-state index contributed by atoms with van der Waals surface area (Å²) in [5, 5.41) is 7.96. The molecular weight excluding hydrogens is 410 g/mol. The minimum atomic E-state index is -0.443. The average Bonchev–Trinajstić information content (AvgIpc) is 2.78. The predicted octanol–water partition coefficient (Wildman–Crippen LogP) is 4.04. The van der Waals surface area contributed by atoms with Crippen LogP contribution < -0.4 is 25.4 Å². The Balaban J connectivity index is 1.43. The van der Waals surface area contributed by atoms with Crippen LogP contribution in [0.1, 0.15) is 17.5 Å². The van der Waals surface area contributed by atoms with Crippen molar-refractivity contribution in [2.75, 3.05) is 24.3 Å². The zero-order valence-corrected chi connectivity index (χ0v) is 18.1. The van der Waals surface area contributed by atoms with Crippen molar-refractivity contribution < 1.29 is 19.1 Å². The van der Waals surface area contributed by atoms with Gasteiger partial charge < -0.3 is 25.4 Å². The molecule has 0 radical (unpaired) electrons. The molecule has 3 amide bonds. The Labute approximate surface area is 186 Å². The van der Waals surface area contributed by atoms with E-state index in [9.17, 15) is 9.59 Å². The lowest BCUT2D eigenvalue weighted by atomic mass is 10.2. The predicted molar refractivity (Wildman–Crippen MR) is 121 cm³/mol. The molecule has 0 bridgehead atoms. The van der Waals surface area contributed by atoms with Crippen LogP contribution in [0.2, 0.25) is 0 Å². The molecule has 9 nitrogen and oxygen atoms in total. The van der Waals surface area contributed by atoms with E-state index >= 15 is 0 Å². The van der Waals surface area contributed by atoms with Gasteiger partial charge in [0.1, 0.15) is 5.82 Å². The number of amides is 3. The smallest absolute Gasteiger partial charge is 0.319 e. The van der Waals surface area contributed by atoms with E-state index in [1.54, 1.807) is 37.6 Å². The Morgan fingerprint density at radius 1 is 0.906 bits per heavy atom. The van der Waals surface area contributed by atoms with Gasteiger partial charge in [0, 0.05) is 25.2 Å². The van der Waals surface area contributed by atoms with Crippen LogP contribution in [0.25, 0.3) is 0 Å². The second-order valence-corrected chi connectivity index (χ2v) is 7.04. The van der Waals surface area contributed by atoms with E-state index in [4.69, 9.17) is 9.47 Å². The van der Waals surface area contributed by atoms with Crippen LogP contribution >= 0.6 is 0 Å². The molecule has 2 heterocycles. The molecule has 0 fully saturated rings.